The number of likely N-dealkylation sites (N-methyl/N-ethyl adjacent to an activating group) is 1. The lowest BCUT2D eigenvalue weighted by atomic mass is 10.0. The number of allylic oxidation sites excluding steroid dienone is 8. The molecule has 1 amide bonds. The Kier molecular flexibility index (Phi) is 45.4. The molecule has 0 aromatic carbocycles. The van der Waals surface area contributed by atoms with Crippen molar-refractivity contribution in [3.63, 3.8) is 0 Å². The first kappa shape index (κ1) is 62.5. The van der Waals surface area contributed by atoms with Gasteiger partial charge < -0.3 is 28.8 Å². The Bertz CT molecular complexity index is 1180. The van der Waals surface area contributed by atoms with Crippen molar-refractivity contribution in [3.05, 3.63) is 48.6 Å². The van der Waals surface area contributed by atoms with Gasteiger partial charge >= 0.3 is 0 Å². The van der Waals surface area contributed by atoms with Gasteiger partial charge in [0.05, 0.1) is 39.9 Å². The van der Waals surface area contributed by atoms with E-state index in [1.54, 1.807) is 0 Å². The number of hydrogen-bond acceptors (Lipinski definition) is 6. The molecule has 0 bridgehead atoms. The normalized spacial score (nSPS) is 14.4. The third kappa shape index (κ3) is 48.4. The molecule has 0 saturated heterocycles. The Hall–Kier alpha value is -1.54. The molecule has 0 aliphatic carbocycles. The Morgan fingerprint density at radius 3 is 1.36 bits per heavy atom. The molecule has 0 heterocycles. The molecule has 3 unspecified atom stereocenters. The van der Waals surface area contributed by atoms with Gasteiger partial charge in [-0.05, 0) is 51.4 Å². The average molecular weight is 921 g/mol. The SMILES string of the molecule is CC/C=C\C/C=C\C/C=C\C/C=C\CCCCCCCCCCCCCCCCCCCCCCCCCCCCC(=O)NC(COP(=O)([O-])OCC[N+](C)(C)C)C(O)CCCCC. The minimum Gasteiger partial charge on any atom is -0.756 e. The number of nitrogens with zero attached hydrogens (tertiary/aromatic N) is 1. The highest BCUT2D eigenvalue weighted by Crippen LogP contribution is 2.38. The zero-order valence-electron chi connectivity index (χ0n) is 42.7. The van der Waals surface area contributed by atoms with Gasteiger partial charge in [-0.2, -0.15) is 0 Å². The van der Waals surface area contributed by atoms with Crippen molar-refractivity contribution in [2.75, 3.05) is 40.9 Å². The summed E-state index contributed by atoms with van der Waals surface area (Å²) < 4.78 is 23.0. The van der Waals surface area contributed by atoms with Crippen molar-refractivity contribution >= 4 is 13.7 Å². The number of nitrogens with one attached hydrogen (secondary N) is 1. The summed E-state index contributed by atoms with van der Waals surface area (Å²) in [6.45, 7) is 4.44. The highest BCUT2D eigenvalue weighted by Gasteiger charge is 2.24. The molecule has 0 radical (unpaired) electrons. The first-order chi connectivity index (χ1) is 31.0. The summed E-state index contributed by atoms with van der Waals surface area (Å²) in [5.41, 5.74) is 0. The van der Waals surface area contributed by atoms with Crippen LogP contribution in [-0.4, -0.2) is 68.5 Å². The van der Waals surface area contributed by atoms with Crippen LogP contribution in [0.25, 0.3) is 0 Å². The quantitative estimate of drug-likeness (QED) is 0.0272. The first-order valence-corrected chi connectivity index (χ1v) is 28.4. The van der Waals surface area contributed by atoms with Gasteiger partial charge in [-0.3, -0.25) is 9.36 Å². The summed E-state index contributed by atoms with van der Waals surface area (Å²) in [5, 5.41) is 13.6. The number of phosphoric acid groups is 1. The number of unbranched alkanes of at least 4 members (excludes halogenated alkanes) is 28. The van der Waals surface area contributed by atoms with Gasteiger partial charge in [0, 0.05) is 6.42 Å². The van der Waals surface area contributed by atoms with Crippen LogP contribution in [0.5, 0.6) is 0 Å². The van der Waals surface area contributed by atoms with Gasteiger partial charge in [-0.1, -0.05) is 236 Å². The molecule has 376 valence electrons. The van der Waals surface area contributed by atoms with E-state index in [0.717, 1.165) is 64.2 Å². The van der Waals surface area contributed by atoms with Crippen LogP contribution in [0.2, 0.25) is 0 Å². The minimum atomic E-state index is -4.54. The van der Waals surface area contributed by atoms with E-state index in [4.69, 9.17) is 9.05 Å². The molecule has 0 aliphatic heterocycles. The van der Waals surface area contributed by atoms with Gasteiger partial charge in [0.15, 0.2) is 0 Å². The number of amides is 1. The van der Waals surface area contributed by atoms with Crippen molar-refractivity contribution in [1.29, 1.82) is 0 Å². The largest absolute Gasteiger partial charge is 0.756 e. The lowest BCUT2D eigenvalue weighted by molar-refractivity contribution is -0.870. The Labute approximate surface area is 397 Å². The fourth-order valence-corrected chi connectivity index (χ4v) is 8.58. The third-order valence-electron chi connectivity index (χ3n) is 12.1. The van der Waals surface area contributed by atoms with Crippen LogP contribution in [0.3, 0.4) is 0 Å². The predicted molar refractivity (Wildman–Crippen MR) is 274 cm³/mol. The summed E-state index contributed by atoms with van der Waals surface area (Å²) in [6.07, 6.45) is 61.3. The van der Waals surface area contributed by atoms with Crippen LogP contribution in [0.4, 0.5) is 0 Å². The van der Waals surface area contributed by atoms with Gasteiger partial charge in [0.2, 0.25) is 5.91 Å². The third-order valence-corrected chi connectivity index (χ3v) is 13.0. The predicted octanol–water partition coefficient (Wildman–Crippen LogP) is 15.3. The Balaban J connectivity index is 3.60. The number of phosphoric ester groups is 1. The molecular weight excluding hydrogens is 816 g/mol. The number of aliphatic hydroxyl groups is 1. The molecule has 0 aliphatic rings. The van der Waals surface area contributed by atoms with Crippen LogP contribution in [0, 0.1) is 0 Å². The minimum absolute atomic E-state index is 0.0117. The van der Waals surface area contributed by atoms with Crippen molar-refractivity contribution < 1.29 is 32.9 Å². The van der Waals surface area contributed by atoms with E-state index in [9.17, 15) is 19.4 Å². The second-order valence-electron chi connectivity index (χ2n) is 19.6. The van der Waals surface area contributed by atoms with Gasteiger partial charge in [0.1, 0.15) is 13.2 Å². The monoisotopic (exact) mass is 921 g/mol. The lowest BCUT2D eigenvalue weighted by Gasteiger charge is -2.30. The van der Waals surface area contributed by atoms with Crippen LogP contribution in [0.15, 0.2) is 48.6 Å². The van der Waals surface area contributed by atoms with Crippen molar-refractivity contribution in [2.45, 2.75) is 257 Å². The Morgan fingerprint density at radius 2 is 0.953 bits per heavy atom. The number of aliphatic hydroxyl groups excluding tert-OH is 1. The second kappa shape index (κ2) is 46.6. The summed E-state index contributed by atoms with van der Waals surface area (Å²) in [6, 6.07) is -0.793. The maximum absolute atomic E-state index is 12.7. The molecule has 0 rings (SSSR count). The van der Waals surface area contributed by atoms with E-state index in [1.807, 2.05) is 21.1 Å². The van der Waals surface area contributed by atoms with Crippen LogP contribution in [-0.2, 0) is 18.4 Å². The highest BCUT2D eigenvalue weighted by atomic mass is 31.2. The van der Waals surface area contributed by atoms with Crippen LogP contribution < -0.4 is 10.2 Å². The summed E-state index contributed by atoms with van der Waals surface area (Å²) >= 11 is 0. The molecule has 8 nitrogen and oxygen atoms in total. The molecule has 0 aromatic heterocycles. The zero-order chi connectivity index (χ0) is 47.1. The molecule has 9 heteroatoms. The summed E-state index contributed by atoms with van der Waals surface area (Å²) in [4.78, 5) is 25.0. The fourth-order valence-electron chi connectivity index (χ4n) is 7.86. The van der Waals surface area contributed by atoms with E-state index in [0.29, 0.717) is 23.9 Å². The molecule has 0 saturated carbocycles. The number of quaternary nitrogens is 1. The lowest BCUT2D eigenvalue weighted by Crippen LogP contribution is -2.46. The standard InChI is InChI=1S/C55H105N2O6P/c1-6-8-10-11-12-13-14-15-16-17-18-19-20-21-22-23-24-25-26-27-28-29-30-31-32-33-34-35-36-37-38-39-40-41-42-43-44-45-47-49-55(59)56-53(54(58)48-46-9-7-2)52-63-64(60,61)62-51-50-57(3,4)5/h8,10,12-13,15-16,18-19,53-54,58H,6-7,9,11,14,17,20-52H2,1-5H3,(H-,56,59,60,61)/b10-8-,13-12-,16-15-,19-18-. The van der Waals surface area contributed by atoms with Gasteiger partial charge in [-0.25, -0.2) is 0 Å². The number of carbonyl (C=O) groups is 1. The highest BCUT2D eigenvalue weighted by molar-refractivity contribution is 7.45. The van der Waals surface area contributed by atoms with E-state index < -0.39 is 20.0 Å². The molecule has 3 atom stereocenters. The van der Waals surface area contributed by atoms with Crippen molar-refractivity contribution in [3.8, 4) is 0 Å². The Morgan fingerprint density at radius 1 is 0.562 bits per heavy atom. The molecule has 2 N–H and O–H groups in total. The first-order valence-electron chi connectivity index (χ1n) is 27.0. The maximum Gasteiger partial charge on any atom is 0.268 e. The number of carbonyl (C=O) groups excluding carboxylic acids is 1. The van der Waals surface area contributed by atoms with E-state index in [-0.39, 0.29) is 19.1 Å². The summed E-state index contributed by atoms with van der Waals surface area (Å²) in [5.74, 6) is -0.173. The second-order valence-corrected chi connectivity index (χ2v) is 21.0. The summed E-state index contributed by atoms with van der Waals surface area (Å²) in [7, 11) is 1.30. The molecule has 64 heavy (non-hydrogen) atoms. The number of hydrogen-bond donors (Lipinski definition) is 2. The van der Waals surface area contributed by atoms with E-state index in [2.05, 4.69) is 67.8 Å². The maximum atomic E-state index is 12.7. The topological polar surface area (TPSA) is 108 Å². The fraction of sp³-hybridized carbons (Fsp3) is 0.836. The van der Waals surface area contributed by atoms with Crippen LogP contribution in [0.1, 0.15) is 245 Å². The van der Waals surface area contributed by atoms with Gasteiger partial charge in [0.25, 0.3) is 7.82 Å². The number of rotatable bonds is 49. The molecule has 0 fully saturated rings. The van der Waals surface area contributed by atoms with Crippen LogP contribution >= 0.6 is 7.82 Å². The van der Waals surface area contributed by atoms with Gasteiger partial charge in [-0.15, -0.1) is 0 Å². The molecular formula is C55H105N2O6P. The van der Waals surface area contributed by atoms with Crippen molar-refractivity contribution in [1.82, 2.24) is 5.32 Å². The molecule has 0 aromatic rings. The smallest absolute Gasteiger partial charge is 0.268 e. The molecule has 0 spiro atoms. The zero-order valence-corrected chi connectivity index (χ0v) is 43.6. The van der Waals surface area contributed by atoms with E-state index in [1.165, 1.54) is 154 Å². The average Bonchev–Trinajstić information content (AvgIpc) is 3.25. The van der Waals surface area contributed by atoms with Crippen molar-refractivity contribution in [2.24, 2.45) is 0 Å². The van der Waals surface area contributed by atoms with E-state index >= 15 is 0 Å².